The Hall–Kier alpha value is -3.02. The summed E-state index contributed by atoms with van der Waals surface area (Å²) >= 11 is 0. The first-order valence-corrected chi connectivity index (χ1v) is 9.85. The summed E-state index contributed by atoms with van der Waals surface area (Å²) in [5, 5.41) is 2.87. The summed E-state index contributed by atoms with van der Waals surface area (Å²) in [5.74, 6) is 1.24. The summed E-state index contributed by atoms with van der Waals surface area (Å²) in [7, 11) is 1.64. The first kappa shape index (κ1) is 22.3. The number of nitrogens with one attached hydrogen (secondary N) is 1. The molecule has 2 aromatic rings. The minimum absolute atomic E-state index is 0.0198. The Morgan fingerprint density at radius 3 is 2.31 bits per heavy atom. The first-order chi connectivity index (χ1) is 13.9. The molecule has 0 aliphatic heterocycles. The van der Waals surface area contributed by atoms with E-state index < -0.39 is 0 Å². The average molecular weight is 399 g/mol. The van der Waals surface area contributed by atoms with E-state index in [1.54, 1.807) is 7.05 Å². The van der Waals surface area contributed by atoms with E-state index in [0.29, 0.717) is 26.1 Å². The Morgan fingerprint density at radius 1 is 1.00 bits per heavy atom. The van der Waals surface area contributed by atoms with E-state index in [2.05, 4.69) is 5.32 Å². The van der Waals surface area contributed by atoms with Gasteiger partial charge in [0.15, 0.2) is 0 Å². The number of rotatable bonds is 10. The number of nitrogens with zero attached hydrogens (tertiary/aromatic N) is 1. The Labute approximate surface area is 172 Å². The molecule has 0 aliphatic carbocycles. The molecule has 0 saturated carbocycles. The van der Waals surface area contributed by atoms with Crippen molar-refractivity contribution >= 4 is 17.5 Å². The lowest BCUT2D eigenvalue weighted by Gasteiger charge is -2.17. The summed E-state index contributed by atoms with van der Waals surface area (Å²) in [4.78, 5) is 25.9. The van der Waals surface area contributed by atoms with E-state index in [9.17, 15) is 9.59 Å². The summed E-state index contributed by atoms with van der Waals surface area (Å²) in [6, 6.07) is 13.3. The molecule has 0 aromatic heterocycles. The fraction of sp³-hybridized carbons (Fsp3) is 0.391. The zero-order chi connectivity index (χ0) is 21.2. The lowest BCUT2D eigenvalue weighted by atomic mass is 10.1. The van der Waals surface area contributed by atoms with Crippen LogP contribution >= 0.6 is 0 Å². The highest BCUT2D eigenvalue weighted by Crippen LogP contribution is 2.18. The molecule has 156 valence electrons. The fourth-order valence-corrected chi connectivity index (χ4v) is 2.77. The molecule has 2 aromatic carbocycles. The van der Waals surface area contributed by atoms with Crippen molar-refractivity contribution in [3.05, 3.63) is 53.6 Å². The highest BCUT2D eigenvalue weighted by molar-refractivity contribution is 5.95. The highest BCUT2D eigenvalue weighted by Gasteiger charge is 2.13. The number of hydrogen-bond acceptors (Lipinski definition) is 4. The molecule has 0 spiro atoms. The van der Waals surface area contributed by atoms with Crippen molar-refractivity contribution in [1.29, 1.82) is 0 Å². The van der Waals surface area contributed by atoms with Gasteiger partial charge in [-0.05, 0) is 68.7 Å². The van der Waals surface area contributed by atoms with Gasteiger partial charge in [-0.25, -0.2) is 0 Å². The molecular weight excluding hydrogens is 368 g/mol. The molecule has 0 radical (unpaired) electrons. The SMILES string of the molecule is CCOc1ccc(OCCCC(=O)N(C)CC(=O)Nc2cc(C)ccc2C)cc1. The molecule has 0 saturated heterocycles. The molecule has 29 heavy (non-hydrogen) atoms. The van der Waals surface area contributed by atoms with Crippen LogP contribution in [0.4, 0.5) is 5.69 Å². The van der Waals surface area contributed by atoms with E-state index in [0.717, 1.165) is 28.3 Å². The van der Waals surface area contributed by atoms with Crippen LogP contribution < -0.4 is 14.8 Å². The Kier molecular flexibility index (Phi) is 8.52. The minimum atomic E-state index is -0.208. The van der Waals surface area contributed by atoms with Crippen LogP contribution in [-0.2, 0) is 9.59 Å². The van der Waals surface area contributed by atoms with Gasteiger partial charge in [-0.2, -0.15) is 0 Å². The van der Waals surface area contributed by atoms with Crippen LogP contribution in [0.2, 0.25) is 0 Å². The number of hydrogen-bond donors (Lipinski definition) is 1. The third-order valence-corrected chi connectivity index (χ3v) is 4.41. The molecule has 0 fully saturated rings. The first-order valence-electron chi connectivity index (χ1n) is 9.85. The van der Waals surface area contributed by atoms with Crippen molar-refractivity contribution in [1.82, 2.24) is 4.90 Å². The second-order valence-corrected chi connectivity index (χ2v) is 6.97. The number of carbonyl (C=O) groups excluding carboxylic acids is 2. The largest absolute Gasteiger partial charge is 0.494 e. The van der Waals surface area contributed by atoms with Crippen molar-refractivity contribution in [3.63, 3.8) is 0 Å². The third kappa shape index (κ3) is 7.49. The second-order valence-electron chi connectivity index (χ2n) is 6.97. The molecule has 2 rings (SSSR count). The molecule has 6 heteroatoms. The van der Waals surface area contributed by atoms with E-state index in [4.69, 9.17) is 9.47 Å². The maximum atomic E-state index is 12.3. The molecule has 2 amide bonds. The minimum Gasteiger partial charge on any atom is -0.494 e. The van der Waals surface area contributed by atoms with Crippen LogP contribution in [0.25, 0.3) is 0 Å². The van der Waals surface area contributed by atoms with Gasteiger partial charge < -0.3 is 19.7 Å². The van der Waals surface area contributed by atoms with Crippen molar-refractivity contribution in [3.8, 4) is 11.5 Å². The van der Waals surface area contributed by atoms with E-state index in [-0.39, 0.29) is 18.4 Å². The summed E-state index contributed by atoms with van der Waals surface area (Å²) in [6.45, 7) is 6.92. The number of anilines is 1. The summed E-state index contributed by atoms with van der Waals surface area (Å²) in [6.07, 6.45) is 0.902. The van der Waals surface area contributed by atoms with Gasteiger partial charge in [0.25, 0.3) is 0 Å². The number of amides is 2. The molecule has 0 bridgehead atoms. The lowest BCUT2D eigenvalue weighted by Crippen LogP contribution is -2.35. The van der Waals surface area contributed by atoms with Crippen LogP contribution in [0.1, 0.15) is 30.9 Å². The summed E-state index contributed by atoms with van der Waals surface area (Å²) < 4.78 is 11.0. The van der Waals surface area contributed by atoms with Gasteiger partial charge in [0.2, 0.25) is 11.8 Å². The smallest absolute Gasteiger partial charge is 0.243 e. The molecular formula is C23H30N2O4. The molecule has 0 atom stereocenters. The Bertz CT molecular complexity index is 818. The van der Waals surface area contributed by atoms with E-state index in [1.165, 1.54) is 4.90 Å². The molecule has 0 unspecified atom stereocenters. The molecule has 0 aliphatic rings. The Balaban J connectivity index is 1.70. The van der Waals surface area contributed by atoms with E-state index >= 15 is 0 Å². The third-order valence-electron chi connectivity index (χ3n) is 4.41. The number of ether oxygens (including phenoxy) is 2. The highest BCUT2D eigenvalue weighted by atomic mass is 16.5. The van der Waals surface area contributed by atoms with E-state index in [1.807, 2.05) is 63.2 Å². The maximum absolute atomic E-state index is 12.3. The fourth-order valence-electron chi connectivity index (χ4n) is 2.77. The van der Waals surface area contributed by atoms with Gasteiger partial charge in [-0.1, -0.05) is 12.1 Å². The van der Waals surface area contributed by atoms with Gasteiger partial charge >= 0.3 is 0 Å². The average Bonchev–Trinajstić information content (AvgIpc) is 2.69. The monoisotopic (exact) mass is 398 g/mol. The van der Waals surface area contributed by atoms with Crippen LogP contribution in [-0.4, -0.2) is 43.5 Å². The van der Waals surface area contributed by atoms with Gasteiger partial charge in [-0.3, -0.25) is 9.59 Å². The van der Waals surface area contributed by atoms with Crippen molar-refractivity contribution in [2.24, 2.45) is 0 Å². The van der Waals surface area contributed by atoms with Crippen molar-refractivity contribution < 1.29 is 19.1 Å². The van der Waals surface area contributed by atoms with Crippen LogP contribution in [0, 0.1) is 13.8 Å². The maximum Gasteiger partial charge on any atom is 0.243 e. The van der Waals surface area contributed by atoms with Gasteiger partial charge in [0.1, 0.15) is 11.5 Å². The van der Waals surface area contributed by atoms with Gasteiger partial charge in [-0.15, -0.1) is 0 Å². The normalized spacial score (nSPS) is 10.3. The predicted octanol–water partition coefficient (Wildman–Crippen LogP) is 3.96. The zero-order valence-corrected chi connectivity index (χ0v) is 17.7. The number of likely N-dealkylation sites (N-methyl/N-ethyl adjacent to an activating group) is 1. The number of carbonyl (C=O) groups is 2. The Morgan fingerprint density at radius 2 is 1.66 bits per heavy atom. The van der Waals surface area contributed by atoms with Gasteiger partial charge in [0.05, 0.1) is 19.8 Å². The molecule has 0 heterocycles. The lowest BCUT2D eigenvalue weighted by molar-refractivity contribution is -0.133. The van der Waals surface area contributed by atoms with Crippen LogP contribution in [0.15, 0.2) is 42.5 Å². The quantitative estimate of drug-likeness (QED) is 0.615. The standard InChI is InChI=1S/C23H30N2O4/c1-5-28-19-10-12-20(13-11-19)29-14-6-7-23(27)25(4)16-22(26)24-21-15-17(2)8-9-18(21)3/h8-13,15H,5-7,14,16H2,1-4H3,(H,24,26). The summed E-state index contributed by atoms with van der Waals surface area (Å²) in [5.41, 5.74) is 2.84. The van der Waals surface area contributed by atoms with Crippen LogP contribution in [0.5, 0.6) is 11.5 Å². The van der Waals surface area contributed by atoms with Gasteiger partial charge in [0, 0.05) is 19.2 Å². The second kappa shape index (κ2) is 11.1. The number of benzene rings is 2. The predicted molar refractivity (Wildman–Crippen MR) is 115 cm³/mol. The topological polar surface area (TPSA) is 67.9 Å². The van der Waals surface area contributed by atoms with Crippen LogP contribution in [0.3, 0.4) is 0 Å². The zero-order valence-electron chi connectivity index (χ0n) is 17.7. The van der Waals surface area contributed by atoms with Crippen molar-refractivity contribution in [2.75, 3.05) is 32.1 Å². The molecule has 1 N–H and O–H groups in total. The number of aryl methyl sites for hydroxylation is 2. The van der Waals surface area contributed by atoms with Crippen molar-refractivity contribution in [2.45, 2.75) is 33.6 Å². The molecule has 6 nitrogen and oxygen atoms in total.